The first-order chi connectivity index (χ1) is 19.2. The molecule has 0 saturated carbocycles. The summed E-state index contributed by atoms with van der Waals surface area (Å²) < 4.78 is 17.1. The van der Waals surface area contributed by atoms with Gasteiger partial charge >= 0.3 is 0 Å². The molecule has 6 nitrogen and oxygen atoms in total. The predicted octanol–water partition coefficient (Wildman–Crippen LogP) is 5.59. The number of likely N-dealkylation sites (tertiary alicyclic amines) is 1. The maximum atomic E-state index is 13.2. The summed E-state index contributed by atoms with van der Waals surface area (Å²) in [5, 5.41) is 0. The molecule has 1 saturated heterocycles. The molecule has 0 N–H and O–H groups in total. The Morgan fingerprint density at radius 3 is 2.69 bits per heavy atom. The minimum Gasteiger partial charge on any atom is -0.492 e. The molecule has 6 rings (SSSR count). The fraction of sp³-hybridized carbons (Fsp3) is 0.485. The quantitative estimate of drug-likeness (QED) is 0.396. The van der Waals surface area contributed by atoms with Gasteiger partial charge in [-0.3, -0.25) is 9.69 Å². The average Bonchev–Trinajstić information content (AvgIpc) is 3.34. The van der Waals surface area contributed by atoms with Crippen LogP contribution in [0.1, 0.15) is 53.6 Å². The molecule has 206 valence electrons. The molecule has 1 fully saturated rings. The fourth-order valence-electron chi connectivity index (χ4n) is 6.28. The molecular weight excluding hydrogens is 488 g/mol. The number of ketones is 1. The van der Waals surface area contributed by atoms with Crippen molar-refractivity contribution in [3.05, 3.63) is 88.9 Å². The van der Waals surface area contributed by atoms with Crippen LogP contribution in [0.5, 0.6) is 5.75 Å². The Hall–Kier alpha value is -3.09. The van der Waals surface area contributed by atoms with E-state index < -0.39 is 0 Å². The third kappa shape index (κ3) is 6.74. The molecule has 39 heavy (non-hydrogen) atoms. The van der Waals surface area contributed by atoms with E-state index in [1.807, 2.05) is 12.1 Å². The Kier molecular flexibility index (Phi) is 8.31. The van der Waals surface area contributed by atoms with Crippen molar-refractivity contribution in [2.24, 2.45) is 11.8 Å². The van der Waals surface area contributed by atoms with Crippen molar-refractivity contribution in [3.8, 4) is 5.75 Å². The highest BCUT2D eigenvalue weighted by atomic mass is 16.7. The van der Waals surface area contributed by atoms with E-state index in [0.717, 1.165) is 86.9 Å². The topological polar surface area (TPSA) is 51.2 Å². The van der Waals surface area contributed by atoms with Gasteiger partial charge in [-0.05, 0) is 80.4 Å². The zero-order valence-corrected chi connectivity index (χ0v) is 22.9. The number of benzene rings is 2. The second kappa shape index (κ2) is 12.4. The molecule has 1 atom stereocenters. The second-order valence-corrected chi connectivity index (χ2v) is 11.4. The van der Waals surface area contributed by atoms with Gasteiger partial charge < -0.3 is 19.1 Å². The van der Waals surface area contributed by atoms with E-state index in [1.165, 1.54) is 18.4 Å². The van der Waals surface area contributed by atoms with Crippen molar-refractivity contribution in [2.45, 2.75) is 45.1 Å². The molecule has 6 heteroatoms. The van der Waals surface area contributed by atoms with E-state index in [1.54, 1.807) is 0 Å². The summed E-state index contributed by atoms with van der Waals surface area (Å²) in [4.78, 5) is 18.2. The largest absolute Gasteiger partial charge is 0.492 e. The molecule has 3 aliphatic heterocycles. The molecule has 0 bridgehead atoms. The molecule has 0 aromatic heterocycles. The van der Waals surface area contributed by atoms with Crippen molar-refractivity contribution < 1.29 is 19.0 Å². The third-order valence-corrected chi connectivity index (χ3v) is 8.67. The number of Topliss-reactive ketones (excluding diaryl/α,β-unsaturated/α-hetero) is 1. The number of hydrogen-bond acceptors (Lipinski definition) is 6. The Balaban J connectivity index is 0.955. The lowest BCUT2D eigenvalue weighted by molar-refractivity contribution is 0.0707. The van der Waals surface area contributed by atoms with Crippen molar-refractivity contribution in [1.82, 2.24) is 9.80 Å². The van der Waals surface area contributed by atoms with Crippen molar-refractivity contribution in [1.29, 1.82) is 0 Å². The lowest BCUT2D eigenvalue weighted by Gasteiger charge is -2.34. The summed E-state index contributed by atoms with van der Waals surface area (Å²) in [5.41, 5.74) is 3.32. The number of ether oxygens (including phenoxy) is 3. The summed E-state index contributed by atoms with van der Waals surface area (Å²) in [5.74, 6) is 4.24. The third-order valence-electron chi connectivity index (χ3n) is 8.67. The van der Waals surface area contributed by atoms with Crippen LogP contribution < -0.4 is 4.74 Å². The zero-order valence-electron chi connectivity index (χ0n) is 22.9. The molecule has 0 amide bonds. The van der Waals surface area contributed by atoms with Gasteiger partial charge in [0, 0.05) is 50.1 Å². The van der Waals surface area contributed by atoms with Crippen LogP contribution in [0, 0.1) is 11.8 Å². The Labute approximate surface area is 232 Å². The van der Waals surface area contributed by atoms with Gasteiger partial charge in [-0.25, -0.2) is 0 Å². The lowest BCUT2D eigenvalue weighted by Crippen LogP contribution is -2.37. The zero-order chi connectivity index (χ0) is 26.4. The number of fused-ring (bicyclic) bond motifs is 1. The SMILES string of the molecule is O=C(CCC1CCN(CC2C=CC3=C(C2)OCO3)CC1)c1ccc2c(c1)CN(CCc1ccccc1)CCO2. The first kappa shape index (κ1) is 26.1. The molecule has 0 radical (unpaired) electrons. The van der Waals surface area contributed by atoms with Gasteiger partial charge in [0.2, 0.25) is 6.79 Å². The molecule has 0 spiro atoms. The van der Waals surface area contributed by atoms with Crippen LogP contribution in [0.2, 0.25) is 0 Å². The summed E-state index contributed by atoms with van der Waals surface area (Å²) in [7, 11) is 0. The van der Waals surface area contributed by atoms with E-state index in [4.69, 9.17) is 14.2 Å². The van der Waals surface area contributed by atoms with Crippen LogP contribution in [0.3, 0.4) is 0 Å². The van der Waals surface area contributed by atoms with Crippen LogP contribution in [-0.2, 0) is 22.4 Å². The first-order valence-electron chi connectivity index (χ1n) is 14.6. The predicted molar refractivity (Wildman–Crippen MR) is 151 cm³/mol. The molecule has 3 heterocycles. The number of rotatable bonds is 9. The molecule has 2 aromatic carbocycles. The fourth-order valence-corrected chi connectivity index (χ4v) is 6.28. The number of piperidine rings is 1. The van der Waals surface area contributed by atoms with Crippen molar-refractivity contribution >= 4 is 5.78 Å². The number of hydrogen-bond donors (Lipinski definition) is 0. The maximum Gasteiger partial charge on any atom is 0.230 e. The summed E-state index contributed by atoms with van der Waals surface area (Å²) in [6.07, 6.45) is 10.3. The number of allylic oxidation sites excluding steroid dienone is 2. The number of carbonyl (C=O) groups excluding carboxylic acids is 1. The van der Waals surface area contributed by atoms with Crippen LogP contribution in [0.15, 0.2) is 72.2 Å². The van der Waals surface area contributed by atoms with Gasteiger partial charge in [0.05, 0.1) is 0 Å². The van der Waals surface area contributed by atoms with Gasteiger partial charge in [0.25, 0.3) is 0 Å². The number of nitrogens with zero attached hydrogens (tertiary/aromatic N) is 2. The van der Waals surface area contributed by atoms with Crippen LogP contribution in [-0.4, -0.2) is 61.7 Å². The van der Waals surface area contributed by atoms with E-state index in [0.29, 0.717) is 31.7 Å². The van der Waals surface area contributed by atoms with Crippen LogP contribution in [0.4, 0.5) is 0 Å². The van der Waals surface area contributed by atoms with E-state index in [9.17, 15) is 4.79 Å². The number of carbonyl (C=O) groups is 1. The van der Waals surface area contributed by atoms with E-state index >= 15 is 0 Å². The molecule has 1 unspecified atom stereocenters. The molecular formula is C33H40N2O4. The first-order valence-corrected chi connectivity index (χ1v) is 14.6. The smallest absolute Gasteiger partial charge is 0.230 e. The minimum atomic E-state index is 0.260. The highest BCUT2D eigenvalue weighted by Crippen LogP contribution is 2.31. The van der Waals surface area contributed by atoms with Crippen molar-refractivity contribution in [2.75, 3.05) is 46.1 Å². The van der Waals surface area contributed by atoms with Crippen molar-refractivity contribution in [3.63, 3.8) is 0 Å². The van der Waals surface area contributed by atoms with Gasteiger partial charge in [-0.15, -0.1) is 0 Å². The van der Waals surface area contributed by atoms with Gasteiger partial charge in [-0.2, -0.15) is 0 Å². The second-order valence-electron chi connectivity index (χ2n) is 11.4. The monoisotopic (exact) mass is 528 g/mol. The standard InChI is InChI=1S/C33H40N2O4/c36-30(9-6-26-13-15-34(16-14-26)22-27-7-10-32-33(20-27)39-24-38-32)28-8-11-31-29(21-28)23-35(18-19-37-31)17-12-25-4-2-1-3-5-25/h1-5,7-8,10-11,21,26-27H,6,9,12-20,22-24H2. The van der Waals surface area contributed by atoms with Gasteiger partial charge in [0.1, 0.15) is 18.1 Å². The van der Waals surface area contributed by atoms with E-state index in [2.05, 4.69) is 58.4 Å². The van der Waals surface area contributed by atoms with Gasteiger partial charge in [0.15, 0.2) is 11.5 Å². The Morgan fingerprint density at radius 1 is 0.949 bits per heavy atom. The van der Waals surface area contributed by atoms with Crippen LogP contribution >= 0.6 is 0 Å². The average molecular weight is 529 g/mol. The summed E-state index contributed by atoms with van der Waals surface area (Å²) in [6.45, 7) is 7.06. The normalized spacial score (nSPS) is 21.9. The molecule has 1 aliphatic carbocycles. The highest BCUT2D eigenvalue weighted by molar-refractivity contribution is 5.96. The Bertz CT molecular complexity index is 1200. The van der Waals surface area contributed by atoms with Gasteiger partial charge in [-0.1, -0.05) is 36.4 Å². The Morgan fingerprint density at radius 2 is 1.82 bits per heavy atom. The molecule has 4 aliphatic rings. The highest BCUT2D eigenvalue weighted by Gasteiger charge is 2.27. The minimum absolute atomic E-state index is 0.260. The maximum absolute atomic E-state index is 13.2. The summed E-state index contributed by atoms with van der Waals surface area (Å²) in [6, 6.07) is 16.7. The van der Waals surface area contributed by atoms with Crippen LogP contribution in [0.25, 0.3) is 0 Å². The lowest BCUT2D eigenvalue weighted by atomic mass is 9.89. The molecule has 2 aromatic rings. The van der Waals surface area contributed by atoms with E-state index in [-0.39, 0.29) is 5.78 Å². The summed E-state index contributed by atoms with van der Waals surface area (Å²) >= 11 is 0.